The minimum absolute atomic E-state index is 0.00671. The standard InChI is InChI=1S/C14H11ClFNO4S/c1-7(13(19)21-2)17-12(18)11(22-14(17)20)6-8-9(15)4-3-5-10(8)16/h3-7H,1-2H3/b11-6+/t7-/m0/s1. The van der Waals surface area contributed by atoms with Gasteiger partial charge in [0, 0.05) is 5.56 Å². The van der Waals surface area contributed by atoms with Crippen molar-refractivity contribution in [2.75, 3.05) is 7.11 Å². The van der Waals surface area contributed by atoms with Crippen LogP contribution in [0.4, 0.5) is 9.18 Å². The number of nitrogens with zero attached hydrogens (tertiary/aromatic N) is 1. The summed E-state index contributed by atoms with van der Waals surface area (Å²) in [6.45, 7) is 1.38. The number of methoxy groups -OCH3 is 1. The normalized spacial score (nSPS) is 18.0. The number of hydrogen-bond acceptors (Lipinski definition) is 5. The fourth-order valence-corrected chi connectivity index (χ4v) is 2.98. The van der Waals surface area contributed by atoms with Gasteiger partial charge in [-0.2, -0.15) is 0 Å². The first-order valence-electron chi connectivity index (χ1n) is 6.15. The Bertz CT molecular complexity index is 671. The van der Waals surface area contributed by atoms with Crippen LogP contribution < -0.4 is 0 Å². The number of ether oxygens (including phenoxy) is 1. The van der Waals surface area contributed by atoms with Crippen LogP contribution in [0.25, 0.3) is 6.08 Å². The molecule has 1 aromatic carbocycles. The summed E-state index contributed by atoms with van der Waals surface area (Å²) in [5.74, 6) is -2.01. The maximum atomic E-state index is 13.7. The molecule has 2 rings (SSSR count). The van der Waals surface area contributed by atoms with Gasteiger partial charge in [0.15, 0.2) is 0 Å². The fraction of sp³-hybridized carbons (Fsp3) is 0.214. The maximum absolute atomic E-state index is 13.7. The highest BCUT2D eigenvalue weighted by Gasteiger charge is 2.41. The molecule has 116 valence electrons. The van der Waals surface area contributed by atoms with Gasteiger partial charge in [0.1, 0.15) is 11.9 Å². The molecule has 0 aliphatic carbocycles. The van der Waals surface area contributed by atoms with Crippen molar-refractivity contribution in [3.8, 4) is 0 Å². The second-order valence-corrected chi connectivity index (χ2v) is 5.79. The lowest BCUT2D eigenvalue weighted by molar-refractivity contribution is -0.148. The molecule has 2 amide bonds. The first kappa shape index (κ1) is 16.5. The molecule has 8 heteroatoms. The quantitative estimate of drug-likeness (QED) is 0.623. The second-order valence-electron chi connectivity index (χ2n) is 4.39. The van der Waals surface area contributed by atoms with Crippen molar-refractivity contribution in [3.05, 3.63) is 39.5 Å². The average molecular weight is 344 g/mol. The van der Waals surface area contributed by atoms with E-state index in [1.807, 2.05) is 0 Å². The molecule has 1 saturated heterocycles. The van der Waals surface area contributed by atoms with Gasteiger partial charge in [-0.3, -0.25) is 14.5 Å². The van der Waals surface area contributed by atoms with E-state index in [4.69, 9.17) is 11.6 Å². The number of amides is 2. The maximum Gasteiger partial charge on any atom is 0.328 e. The number of hydrogen-bond donors (Lipinski definition) is 0. The molecule has 0 N–H and O–H groups in total. The Morgan fingerprint density at radius 2 is 2.14 bits per heavy atom. The summed E-state index contributed by atoms with van der Waals surface area (Å²) in [6, 6.07) is 3.04. The number of rotatable bonds is 3. The van der Waals surface area contributed by atoms with Crippen LogP contribution in [0, 0.1) is 5.82 Å². The highest BCUT2D eigenvalue weighted by molar-refractivity contribution is 8.18. The molecule has 1 aromatic rings. The summed E-state index contributed by atoms with van der Waals surface area (Å²) in [4.78, 5) is 36.4. The lowest BCUT2D eigenvalue weighted by Gasteiger charge is -2.18. The zero-order valence-corrected chi connectivity index (χ0v) is 13.2. The van der Waals surface area contributed by atoms with E-state index in [1.54, 1.807) is 0 Å². The molecule has 1 heterocycles. The Labute approximate surface area is 135 Å². The second kappa shape index (κ2) is 6.50. The van der Waals surface area contributed by atoms with Gasteiger partial charge < -0.3 is 4.74 Å². The average Bonchev–Trinajstić information content (AvgIpc) is 2.76. The summed E-state index contributed by atoms with van der Waals surface area (Å²) in [5, 5.41) is -0.505. The lowest BCUT2D eigenvalue weighted by Crippen LogP contribution is -2.42. The number of imide groups is 1. The number of carbonyl (C=O) groups excluding carboxylic acids is 3. The van der Waals surface area contributed by atoms with E-state index in [1.165, 1.54) is 31.2 Å². The summed E-state index contributed by atoms with van der Waals surface area (Å²) in [5.41, 5.74) is 0.0142. The molecule has 0 spiro atoms. The zero-order chi connectivity index (χ0) is 16.4. The lowest BCUT2D eigenvalue weighted by atomic mass is 10.2. The number of benzene rings is 1. The molecule has 5 nitrogen and oxygen atoms in total. The van der Waals surface area contributed by atoms with Crippen molar-refractivity contribution in [1.82, 2.24) is 4.90 Å². The summed E-state index contributed by atoms with van der Waals surface area (Å²) in [6.07, 6.45) is 1.20. The van der Waals surface area contributed by atoms with Crippen molar-refractivity contribution in [2.45, 2.75) is 13.0 Å². The molecule has 0 bridgehead atoms. The van der Waals surface area contributed by atoms with Crippen molar-refractivity contribution in [3.63, 3.8) is 0 Å². The third kappa shape index (κ3) is 3.00. The minimum atomic E-state index is -1.06. The summed E-state index contributed by atoms with van der Waals surface area (Å²) >= 11 is 6.50. The molecule has 0 radical (unpaired) electrons. The topological polar surface area (TPSA) is 63.7 Å². The number of thioether (sulfide) groups is 1. The monoisotopic (exact) mass is 343 g/mol. The van der Waals surface area contributed by atoms with Gasteiger partial charge in [0.2, 0.25) is 0 Å². The molecule has 1 atom stereocenters. The van der Waals surface area contributed by atoms with E-state index in [2.05, 4.69) is 4.74 Å². The summed E-state index contributed by atoms with van der Waals surface area (Å²) in [7, 11) is 1.16. The molecule has 1 aliphatic rings. The van der Waals surface area contributed by atoms with Crippen LogP contribution in [0.3, 0.4) is 0 Å². The van der Waals surface area contributed by atoms with Gasteiger partial charge in [0.05, 0.1) is 17.0 Å². The van der Waals surface area contributed by atoms with E-state index in [0.29, 0.717) is 11.8 Å². The van der Waals surface area contributed by atoms with Crippen LogP contribution in [-0.2, 0) is 14.3 Å². The Kier molecular flexibility index (Phi) is 4.87. The number of carbonyl (C=O) groups is 3. The van der Waals surface area contributed by atoms with Crippen molar-refractivity contribution < 1.29 is 23.5 Å². The molecule has 0 saturated carbocycles. The molecule has 22 heavy (non-hydrogen) atoms. The van der Waals surface area contributed by atoms with E-state index in [0.717, 1.165) is 12.0 Å². The van der Waals surface area contributed by atoms with Gasteiger partial charge in [-0.15, -0.1) is 0 Å². The Balaban J connectivity index is 2.36. The molecule has 0 unspecified atom stereocenters. The SMILES string of the molecule is COC(=O)[C@H](C)N1C(=O)S/C(=C/c2c(F)cccc2Cl)C1=O. The first-order valence-corrected chi connectivity index (χ1v) is 7.35. The number of halogens is 2. The van der Waals surface area contributed by atoms with Gasteiger partial charge in [-0.1, -0.05) is 17.7 Å². The molecular weight excluding hydrogens is 333 g/mol. The fourth-order valence-electron chi connectivity index (χ4n) is 1.87. The van der Waals surface area contributed by atoms with Crippen LogP contribution in [0.15, 0.2) is 23.1 Å². The summed E-state index contributed by atoms with van der Waals surface area (Å²) < 4.78 is 18.3. The molecule has 1 fully saturated rings. The van der Waals surface area contributed by atoms with Crippen LogP contribution in [-0.4, -0.2) is 35.2 Å². The molecular formula is C14H11ClFNO4S. The van der Waals surface area contributed by atoms with Crippen LogP contribution >= 0.6 is 23.4 Å². The Morgan fingerprint density at radius 1 is 1.45 bits per heavy atom. The van der Waals surface area contributed by atoms with Gasteiger partial charge in [-0.25, -0.2) is 9.18 Å². The highest BCUT2D eigenvalue weighted by Crippen LogP contribution is 2.35. The molecule has 1 aliphatic heterocycles. The third-order valence-electron chi connectivity index (χ3n) is 3.03. The Hall–Kier alpha value is -1.86. The van der Waals surface area contributed by atoms with Crippen LogP contribution in [0.1, 0.15) is 12.5 Å². The van der Waals surface area contributed by atoms with E-state index >= 15 is 0 Å². The number of esters is 1. The smallest absolute Gasteiger partial charge is 0.328 e. The van der Waals surface area contributed by atoms with Crippen molar-refractivity contribution in [1.29, 1.82) is 0 Å². The van der Waals surface area contributed by atoms with E-state index in [-0.39, 0.29) is 15.5 Å². The predicted molar refractivity (Wildman–Crippen MR) is 80.7 cm³/mol. The van der Waals surface area contributed by atoms with Gasteiger partial charge in [0.25, 0.3) is 11.1 Å². The largest absolute Gasteiger partial charge is 0.467 e. The minimum Gasteiger partial charge on any atom is -0.467 e. The van der Waals surface area contributed by atoms with Crippen molar-refractivity contribution >= 4 is 46.6 Å². The third-order valence-corrected chi connectivity index (χ3v) is 4.24. The van der Waals surface area contributed by atoms with Crippen LogP contribution in [0.2, 0.25) is 5.02 Å². The zero-order valence-electron chi connectivity index (χ0n) is 11.6. The van der Waals surface area contributed by atoms with Gasteiger partial charge in [-0.05, 0) is 36.9 Å². The van der Waals surface area contributed by atoms with Gasteiger partial charge >= 0.3 is 5.97 Å². The molecule has 0 aromatic heterocycles. The van der Waals surface area contributed by atoms with E-state index in [9.17, 15) is 18.8 Å². The van der Waals surface area contributed by atoms with E-state index < -0.39 is 29.0 Å². The van der Waals surface area contributed by atoms with Crippen molar-refractivity contribution in [2.24, 2.45) is 0 Å². The Morgan fingerprint density at radius 3 is 2.73 bits per heavy atom. The first-order chi connectivity index (χ1) is 10.4. The van der Waals surface area contributed by atoms with Crippen LogP contribution in [0.5, 0.6) is 0 Å². The predicted octanol–water partition coefficient (Wildman–Crippen LogP) is 3.08. The highest BCUT2D eigenvalue weighted by atomic mass is 35.5.